The third-order valence-electron chi connectivity index (χ3n) is 6.15. The van der Waals surface area contributed by atoms with E-state index < -0.39 is 17.4 Å². The number of esters is 1. The number of methoxy groups -OCH3 is 1. The molecule has 3 aliphatic rings. The fourth-order valence-corrected chi connectivity index (χ4v) is 4.88. The van der Waals surface area contributed by atoms with Crippen molar-refractivity contribution in [3.8, 4) is 17.6 Å². The van der Waals surface area contributed by atoms with Gasteiger partial charge >= 0.3 is 5.97 Å². The summed E-state index contributed by atoms with van der Waals surface area (Å²) in [6.07, 6.45) is 0.388. The van der Waals surface area contributed by atoms with Gasteiger partial charge in [-0.2, -0.15) is 5.26 Å². The van der Waals surface area contributed by atoms with E-state index in [4.69, 9.17) is 14.2 Å². The molecule has 0 radical (unpaired) electrons. The molecule has 3 atom stereocenters. The number of hydrogen-bond donors (Lipinski definition) is 0. The quantitative estimate of drug-likeness (QED) is 0.588. The Labute approximate surface area is 167 Å². The van der Waals surface area contributed by atoms with Crippen LogP contribution in [0.4, 0.5) is 0 Å². The Bertz CT molecular complexity index is 1080. The van der Waals surface area contributed by atoms with Crippen molar-refractivity contribution < 1.29 is 23.8 Å². The van der Waals surface area contributed by atoms with Crippen LogP contribution in [0, 0.1) is 17.2 Å². The van der Waals surface area contributed by atoms with Crippen LogP contribution >= 0.6 is 0 Å². The lowest BCUT2D eigenvalue weighted by atomic mass is 9.78. The van der Waals surface area contributed by atoms with Gasteiger partial charge < -0.3 is 14.2 Å². The number of carbonyl (C=O) groups excluding carboxylic acids is 2. The van der Waals surface area contributed by atoms with Crippen LogP contribution in [0.15, 0.2) is 42.5 Å². The molecule has 1 fully saturated rings. The van der Waals surface area contributed by atoms with E-state index in [1.165, 1.54) is 7.11 Å². The van der Waals surface area contributed by atoms with Crippen LogP contribution in [0.3, 0.4) is 0 Å². The molecular formula is C22H18N2O5. The number of hydrogen-bond acceptors (Lipinski definition) is 7. The number of nitrogens with zero attached hydrogens (tertiary/aromatic N) is 2. The Morgan fingerprint density at radius 1 is 1.28 bits per heavy atom. The summed E-state index contributed by atoms with van der Waals surface area (Å²) in [5, 5.41) is 9.86. The lowest BCUT2D eigenvalue weighted by Gasteiger charge is -2.42. The van der Waals surface area contributed by atoms with E-state index in [9.17, 15) is 14.9 Å². The van der Waals surface area contributed by atoms with Crippen molar-refractivity contribution in [1.29, 1.82) is 5.26 Å². The fourth-order valence-electron chi connectivity index (χ4n) is 4.88. The largest absolute Gasteiger partial charge is 0.467 e. The highest BCUT2D eigenvalue weighted by Crippen LogP contribution is 2.54. The number of carbonyl (C=O) groups is 2. The minimum Gasteiger partial charge on any atom is -0.467 e. The molecule has 2 bridgehead atoms. The fraction of sp³-hybridized carbons (Fsp3) is 0.318. The van der Waals surface area contributed by atoms with Gasteiger partial charge in [0.05, 0.1) is 19.1 Å². The third-order valence-corrected chi connectivity index (χ3v) is 6.15. The molecule has 0 saturated carbocycles. The van der Waals surface area contributed by atoms with Gasteiger partial charge in [0.2, 0.25) is 6.79 Å². The number of fused-ring (bicyclic) bond motifs is 5. The normalized spacial score (nSPS) is 26.7. The summed E-state index contributed by atoms with van der Waals surface area (Å²) in [5.74, 6) is -0.571. The van der Waals surface area contributed by atoms with Gasteiger partial charge in [-0.3, -0.25) is 9.69 Å². The second kappa shape index (κ2) is 6.33. The lowest BCUT2D eigenvalue weighted by molar-refractivity contribution is -0.153. The second-order valence-corrected chi connectivity index (χ2v) is 7.42. The monoisotopic (exact) mass is 390 g/mol. The Morgan fingerprint density at radius 3 is 2.86 bits per heavy atom. The highest BCUT2D eigenvalue weighted by atomic mass is 16.7. The average molecular weight is 390 g/mol. The van der Waals surface area contributed by atoms with Crippen LogP contribution in [-0.4, -0.2) is 36.1 Å². The average Bonchev–Trinajstić information content (AvgIpc) is 3.32. The van der Waals surface area contributed by atoms with Crippen LogP contribution < -0.4 is 9.47 Å². The van der Waals surface area contributed by atoms with Gasteiger partial charge in [-0.1, -0.05) is 30.3 Å². The zero-order chi connectivity index (χ0) is 20.2. The number of nitriles is 1. The van der Waals surface area contributed by atoms with Crippen LogP contribution in [-0.2, 0) is 16.1 Å². The summed E-state index contributed by atoms with van der Waals surface area (Å²) in [6.45, 7) is 0.467. The maximum atomic E-state index is 13.6. The standard InChI is InChI=1S/C22H18N2O5/c1-27-21(26)22-14(10-23)9-17(15-4-2-3-5-16(15)20(22)25)24(22)11-13-6-7-18-19(8-13)29-12-28-18/h2-8,14,17H,9,11-12H2,1H3/t14-,17+,22-/m0/s1. The molecule has 0 spiro atoms. The van der Waals surface area contributed by atoms with Gasteiger partial charge in [0.15, 0.2) is 22.8 Å². The maximum Gasteiger partial charge on any atom is 0.335 e. The Kier molecular flexibility index (Phi) is 3.86. The van der Waals surface area contributed by atoms with Crippen LogP contribution in [0.1, 0.15) is 33.9 Å². The molecule has 0 amide bonds. The van der Waals surface area contributed by atoms with Crippen LogP contribution in [0.5, 0.6) is 11.5 Å². The SMILES string of the molecule is COC(=O)[C@@]12C(=O)c3ccccc3[C@@H](C[C@H]1C#N)N2Cc1ccc2c(c1)OCO2. The van der Waals surface area contributed by atoms with Gasteiger partial charge in [-0.15, -0.1) is 0 Å². The lowest BCUT2D eigenvalue weighted by Crippen LogP contribution is -2.62. The van der Waals surface area contributed by atoms with E-state index in [2.05, 4.69) is 6.07 Å². The first-order chi connectivity index (χ1) is 14.1. The van der Waals surface area contributed by atoms with Gasteiger partial charge in [-0.25, -0.2) is 4.79 Å². The maximum absolute atomic E-state index is 13.6. The van der Waals surface area contributed by atoms with Crippen molar-refractivity contribution in [3.63, 3.8) is 0 Å². The van der Waals surface area contributed by atoms with E-state index in [1.807, 2.05) is 35.2 Å². The summed E-state index contributed by atoms with van der Waals surface area (Å²) in [4.78, 5) is 28.5. The summed E-state index contributed by atoms with van der Waals surface area (Å²) in [5.41, 5.74) is 0.537. The van der Waals surface area contributed by atoms with Crippen molar-refractivity contribution >= 4 is 11.8 Å². The number of Topliss-reactive ketones (excluding diaryl/α,β-unsaturated/α-hetero) is 1. The Morgan fingerprint density at radius 2 is 2.07 bits per heavy atom. The van der Waals surface area contributed by atoms with Crippen molar-refractivity contribution in [2.75, 3.05) is 13.9 Å². The van der Waals surface area contributed by atoms with E-state index in [1.54, 1.807) is 12.1 Å². The van der Waals surface area contributed by atoms with Gasteiger partial charge in [-0.05, 0) is 29.7 Å². The first kappa shape index (κ1) is 17.7. The summed E-state index contributed by atoms with van der Waals surface area (Å²) >= 11 is 0. The van der Waals surface area contributed by atoms with Crippen molar-refractivity contribution in [2.24, 2.45) is 5.92 Å². The van der Waals surface area contributed by atoms with E-state index in [0.29, 0.717) is 30.0 Å². The van der Waals surface area contributed by atoms with E-state index in [0.717, 1.165) is 11.1 Å². The molecule has 0 N–H and O–H groups in total. The molecule has 5 rings (SSSR count). The minimum absolute atomic E-state index is 0.166. The molecule has 2 aromatic rings. The molecule has 146 valence electrons. The van der Waals surface area contributed by atoms with Gasteiger partial charge in [0.1, 0.15) is 0 Å². The predicted octanol–water partition coefficient (Wildman–Crippen LogP) is 2.61. The molecule has 0 aromatic heterocycles. The summed E-state index contributed by atoms with van der Waals surface area (Å²) in [6, 6.07) is 14.8. The number of ether oxygens (including phenoxy) is 3. The van der Waals surface area contributed by atoms with E-state index in [-0.39, 0.29) is 18.6 Å². The first-order valence-corrected chi connectivity index (χ1v) is 9.38. The van der Waals surface area contributed by atoms with Crippen molar-refractivity contribution in [3.05, 3.63) is 59.2 Å². The second-order valence-electron chi connectivity index (χ2n) is 7.42. The highest BCUT2D eigenvalue weighted by molar-refractivity contribution is 6.19. The first-order valence-electron chi connectivity index (χ1n) is 9.38. The highest BCUT2D eigenvalue weighted by Gasteiger charge is 2.67. The molecular weight excluding hydrogens is 372 g/mol. The summed E-state index contributed by atoms with van der Waals surface area (Å²) in [7, 11) is 1.26. The topological polar surface area (TPSA) is 88.9 Å². The smallest absolute Gasteiger partial charge is 0.335 e. The molecule has 29 heavy (non-hydrogen) atoms. The zero-order valence-corrected chi connectivity index (χ0v) is 15.8. The summed E-state index contributed by atoms with van der Waals surface area (Å²) < 4.78 is 15.9. The molecule has 0 aliphatic carbocycles. The molecule has 7 nitrogen and oxygen atoms in total. The zero-order valence-electron chi connectivity index (χ0n) is 15.8. The third kappa shape index (κ3) is 2.26. The number of benzene rings is 2. The van der Waals surface area contributed by atoms with Crippen LogP contribution in [0.25, 0.3) is 0 Å². The molecule has 0 unspecified atom stereocenters. The van der Waals surface area contributed by atoms with E-state index >= 15 is 0 Å². The molecule has 3 heterocycles. The number of ketones is 1. The number of rotatable bonds is 3. The van der Waals surface area contributed by atoms with Crippen LogP contribution in [0.2, 0.25) is 0 Å². The minimum atomic E-state index is -1.65. The van der Waals surface area contributed by atoms with Gasteiger partial charge in [0, 0.05) is 18.2 Å². The molecule has 3 aliphatic heterocycles. The Hall–Kier alpha value is -3.37. The molecule has 1 saturated heterocycles. The Balaban J connectivity index is 1.66. The predicted molar refractivity (Wildman–Crippen MR) is 100 cm³/mol. The van der Waals surface area contributed by atoms with Gasteiger partial charge in [0.25, 0.3) is 0 Å². The molecule has 7 heteroatoms. The van der Waals surface area contributed by atoms with Crippen molar-refractivity contribution in [1.82, 2.24) is 4.90 Å². The van der Waals surface area contributed by atoms with Crippen molar-refractivity contribution in [2.45, 2.75) is 24.5 Å². The molecule has 2 aromatic carbocycles.